The second kappa shape index (κ2) is 9.25. The molecule has 1 N–H and O–H groups in total. The number of ether oxygens (including phenoxy) is 2. The first-order chi connectivity index (χ1) is 10.9. The van der Waals surface area contributed by atoms with Crippen LogP contribution in [-0.4, -0.2) is 39.1 Å². The largest absolute Gasteiger partial charge is 0.495 e. The molecule has 7 heteroatoms. The molecule has 0 aliphatic carbocycles. The average Bonchev–Trinajstić information content (AvgIpc) is 2.53. The Kier molecular flexibility index (Phi) is 7.68. The molecule has 0 heterocycles. The van der Waals surface area contributed by atoms with Gasteiger partial charge in [-0.2, -0.15) is 0 Å². The van der Waals surface area contributed by atoms with E-state index in [1.807, 2.05) is 6.92 Å². The minimum Gasteiger partial charge on any atom is -0.495 e. The molecule has 0 bridgehead atoms. The minimum atomic E-state index is -0.198. The van der Waals surface area contributed by atoms with Gasteiger partial charge in [0.05, 0.1) is 24.9 Å². The average molecular weight is 343 g/mol. The van der Waals surface area contributed by atoms with Crippen molar-refractivity contribution >= 4 is 29.1 Å². The summed E-state index contributed by atoms with van der Waals surface area (Å²) in [6.45, 7) is 4.28. The molecule has 1 rings (SSSR count). The molecule has 0 radical (unpaired) electrons. The van der Waals surface area contributed by atoms with Crippen LogP contribution in [0.15, 0.2) is 12.1 Å². The van der Waals surface area contributed by atoms with Crippen molar-refractivity contribution in [1.29, 1.82) is 0 Å². The van der Waals surface area contributed by atoms with E-state index in [-0.39, 0.29) is 24.8 Å². The molecular weight excluding hydrogens is 320 g/mol. The number of anilines is 1. The number of benzene rings is 1. The highest BCUT2D eigenvalue weighted by Gasteiger charge is 2.20. The number of nitrogens with zero attached hydrogens (tertiary/aromatic N) is 1. The molecule has 0 aliphatic rings. The van der Waals surface area contributed by atoms with E-state index in [4.69, 9.17) is 21.1 Å². The lowest BCUT2D eigenvalue weighted by Crippen LogP contribution is -2.34. The van der Waals surface area contributed by atoms with Crippen molar-refractivity contribution < 1.29 is 19.1 Å². The summed E-state index contributed by atoms with van der Waals surface area (Å²) in [4.78, 5) is 25.2. The maximum Gasteiger partial charge on any atom is 0.223 e. The van der Waals surface area contributed by atoms with Crippen molar-refractivity contribution in [2.45, 2.75) is 26.7 Å². The third-order valence-corrected chi connectivity index (χ3v) is 3.55. The number of amides is 2. The lowest BCUT2D eigenvalue weighted by atomic mass is 10.2. The lowest BCUT2D eigenvalue weighted by molar-refractivity contribution is -0.121. The van der Waals surface area contributed by atoms with Crippen molar-refractivity contribution in [2.24, 2.45) is 0 Å². The van der Waals surface area contributed by atoms with E-state index >= 15 is 0 Å². The Hall–Kier alpha value is -1.95. The highest BCUT2D eigenvalue weighted by atomic mass is 35.5. The number of rotatable bonds is 8. The maximum atomic E-state index is 12.0. The molecule has 0 atom stereocenters. The summed E-state index contributed by atoms with van der Waals surface area (Å²) in [7, 11) is 2.99. The molecule has 2 amide bonds. The van der Waals surface area contributed by atoms with Gasteiger partial charge in [-0.05, 0) is 6.42 Å². The highest BCUT2D eigenvalue weighted by molar-refractivity contribution is 6.32. The smallest absolute Gasteiger partial charge is 0.223 e. The maximum absolute atomic E-state index is 12.0. The monoisotopic (exact) mass is 342 g/mol. The SMILES string of the molecule is CCCNC(=O)CCN(C(C)=O)c1cc(OC)c(Cl)cc1OC. The van der Waals surface area contributed by atoms with E-state index in [0.29, 0.717) is 28.8 Å². The van der Waals surface area contributed by atoms with Crippen LogP contribution in [0.2, 0.25) is 5.02 Å². The minimum absolute atomic E-state index is 0.0991. The molecule has 0 spiro atoms. The fraction of sp³-hybridized carbons (Fsp3) is 0.500. The molecule has 1 aromatic carbocycles. The molecular formula is C16H23ClN2O4. The molecule has 0 aromatic heterocycles. The van der Waals surface area contributed by atoms with Gasteiger partial charge in [0.15, 0.2) is 0 Å². The molecule has 0 fully saturated rings. The van der Waals surface area contributed by atoms with Gasteiger partial charge in [0.1, 0.15) is 11.5 Å². The summed E-state index contributed by atoms with van der Waals surface area (Å²) in [5.74, 6) is 0.582. The number of carbonyl (C=O) groups excluding carboxylic acids is 2. The first-order valence-electron chi connectivity index (χ1n) is 7.40. The summed E-state index contributed by atoms with van der Waals surface area (Å²) in [6.07, 6.45) is 1.07. The predicted molar refractivity (Wildman–Crippen MR) is 90.5 cm³/mol. The molecule has 1 aromatic rings. The second-order valence-electron chi connectivity index (χ2n) is 4.93. The van der Waals surface area contributed by atoms with Crippen LogP contribution in [-0.2, 0) is 9.59 Å². The van der Waals surface area contributed by atoms with Gasteiger partial charge in [0.2, 0.25) is 11.8 Å². The van der Waals surface area contributed by atoms with Crippen LogP contribution in [0.25, 0.3) is 0 Å². The van der Waals surface area contributed by atoms with Crippen LogP contribution in [0.3, 0.4) is 0 Å². The van der Waals surface area contributed by atoms with Gasteiger partial charge in [0, 0.05) is 38.6 Å². The third kappa shape index (κ3) is 5.32. The van der Waals surface area contributed by atoms with Gasteiger partial charge in [-0.3, -0.25) is 9.59 Å². The normalized spacial score (nSPS) is 10.1. The van der Waals surface area contributed by atoms with Crippen LogP contribution in [0.5, 0.6) is 11.5 Å². The first-order valence-corrected chi connectivity index (χ1v) is 7.78. The van der Waals surface area contributed by atoms with Gasteiger partial charge in [-0.1, -0.05) is 18.5 Å². The molecule has 6 nitrogen and oxygen atoms in total. The highest BCUT2D eigenvalue weighted by Crippen LogP contribution is 2.38. The third-order valence-electron chi connectivity index (χ3n) is 3.26. The second-order valence-corrected chi connectivity index (χ2v) is 5.34. The Morgan fingerprint density at radius 1 is 1.22 bits per heavy atom. The van der Waals surface area contributed by atoms with Gasteiger partial charge in [-0.25, -0.2) is 0 Å². The Morgan fingerprint density at radius 3 is 2.39 bits per heavy atom. The zero-order chi connectivity index (χ0) is 17.4. The Bertz CT molecular complexity index is 563. The molecule has 23 heavy (non-hydrogen) atoms. The zero-order valence-corrected chi connectivity index (χ0v) is 14.7. The van der Waals surface area contributed by atoms with E-state index in [1.165, 1.54) is 26.0 Å². The van der Waals surface area contributed by atoms with E-state index in [0.717, 1.165) is 6.42 Å². The van der Waals surface area contributed by atoms with Gasteiger partial charge < -0.3 is 19.7 Å². The lowest BCUT2D eigenvalue weighted by Gasteiger charge is -2.24. The fourth-order valence-corrected chi connectivity index (χ4v) is 2.30. The number of methoxy groups -OCH3 is 2. The predicted octanol–water partition coefficient (Wildman–Crippen LogP) is 2.63. The number of nitrogens with one attached hydrogen (secondary N) is 1. The van der Waals surface area contributed by atoms with Crippen molar-refractivity contribution in [1.82, 2.24) is 5.32 Å². The number of halogens is 1. The zero-order valence-electron chi connectivity index (χ0n) is 13.9. The van der Waals surface area contributed by atoms with Crippen LogP contribution >= 0.6 is 11.6 Å². The van der Waals surface area contributed by atoms with E-state index in [2.05, 4.69) is 5.32 Å². The van der Waals surface area contributed by atoms with Crippen LogP contribution in [0.4, 0.5) is 5.69 Å². The van der Waals surface area contributed by atoms with Gasteiger partial charge in [-0.15, -0.1) is 0 Å². The molecule has 128 valence electrons. The van der Waals surface area contributed by atoms with Crippen LogP contribution < -0.4 is 19.7 Å². The van der Waals surface area contributed by atoms with Crippen LogP contribution in [0, 0.1) is 0 Å². The van der Waals surface area contributed by atoms with Crippen molar-refractivity contribution in [3.05, 3.63) is 17.2 Å². The molecule has 0 unspecified atom stereocenters. The Morgan fingerprint density at radius 2 is 1.87 bits per heavy atom. The number of carbonyl (C=O) groups is 2. The van der Waals surface area contributed by atoms with Crippen LogP contribution in [0.1, 0.15) is 26.7 Å². The van der Waals surface area contributed by atoms with Gasteiger partial charge >= 0.3 is 0 Å². The van der Waals surface area contributed by atoms with Gasteiger partial charge in [0.25, 0.3) is 0 Å². The van der Waals surface area contributed by atoms with E-state index in [1.54, 1.807) is 12.1 Å². The summed E-state index contributed by atoms with van der Waals surface area (Å²) in [6, 6.07) is 3.22. The number of hydrogen-bond donors (Lipinski definition) is 1. The Balaban J connectivity index is 3.01. The van der Waals surface area contributed by atoms with Crippen molar-refractivity contribution in [3.63, 3.8) is 0 Å². The van der Waals surface area contributed by atoms with Crippen molar-refractivity contribution in [3.8, 4) is 11.5 Å². The summed E-state index contributed by atoms with van der Waals surface area (Å²) >= 11 is 6.08. The van der Waals surface area contributed by atoms with E-state index in [9.17, 15) is 9.59 Å². The number of hydrogen-bond acceptors (Lipinski definition) is 4. The molecule has 0 saturated heterocycles. The van der Waals surface area contributed by atoms with Crippen molar-refractivity contribution in [2.75, 3.05) is 32.2 Å². The molecule has 0 saturated carbocycles. The first kappa shape index (κ1) is 19.1. The quantitative estimate of drug-likeness (QED) is 0.788. The summed E-state index contributed by atoms with van der Waals surface area (Å²) < 4.78 is 10.5. The van der Waals surface area contributed by atoms with E-state index < -0.39 is 0 Å². The standard InChI is InChI=1S/C16H23ClN2O4/c1-5-7-18-16(21)6-8-19(11(2)20)13-10-14(22-3)12(17)9-15(13)23-4/h9-10H,5-8H2,1-4H3,(H,18,21). The fourth-order valence-electron chi connectivity index (χ4n) is 2.07. The molecule has 0 aliphatic heterocycles. The topological polar surface area (TPSA) is 67.9 Å². The summed E-state index contributed by atoms with van der Waals surface area (Å²) in [5, 5.41) is 3.17. The Labute approximate surface area is 141 Å². The summed E-state index contributed by atoms with van der Waals surface area (Å²) in [5.41, 5.74) is 0.518.